The molecule has 1 fully saturated rings. The zero-order valence-electron chi connectivity index (χ0n) is 23.4. The molecular weight excluding hydrogens is 624 g/mol. The summed E-state index contributed by atoms with van der Waals surface area (Å²) >= 11 is 6.44. The molecule has 0 bridgehead atoms. The Hall–Kier alpha value is -5.07. The Morgan fingerprint density at radius 2 is 1.78 bits per heavy atom. The van der Waals surface area contributed by atoms with Crippen LogP contribution in [-0.2, 0) is 19.6 Å². The number of aromatic nitrogens is 2. The summed E-state index contributed by atoms with van der Waals surface area (Å²) in [6.45, 7) is 2.06. The maximum atomic E-state index is 12.7. The molecule has 3 heterocycles. The number of carbonyl (C=O) groups excluding carboxylic acids is 2. The van der Waals surface area contributed by atoms with E-state index in [1.165, 1.54) is 18.3 Å². The van der Waals surface area contributed by atoms with E-state index in [-0.39, 0.29) is 22.8 Å². The number of morpholine rings is 1. The average Bonchev–Trinajstić information content (AvgIpc) is 3.02. The molecule has 1 aliphatic rings. The Kier molecular flexibility index (Phi) is 9.26. The number of anilines is 1. The highest BCUT2D eigenvalue weighted by atomic mass is 35.5. The lowest BCUT2D eigenvalue weighted by Gasteiger charge is -2.26. The van der Waals surface area contributed by atoms with Gasteiger partial charge < -0.3 is 14.7 Å². The van der Waals surface area contributed by atoms with Crippen LogP contribution in [0.25, 0.3) is 22.2 Å². The largest absolute Gasteiger partial charge is 0.480 e. The summed E-state index contributed by atoms with van der Waals surface area (Å²) in [6.07, 6.45) is 1.24. The van der Waals surface area contributed by atoms with Crippen molar-refractivity contribution in [3.63, 3.8) is 0 Å². The van der Waals surface area contributed by atoms with Crippen molar-refractivity contribution >= 4 is 56.1 Å². The third kappa shape index (κ3) is 7.54. The van der Waals surface area contributed by atoms with Crippen LogP contribution in [0.5, 0.6) is 0 Å². The van der Waals surface area contributed by atoms with E-state index in [4.69, 9.17) is 27.3 Å². The number of carboxylic acid groups (broad SMARTS) is 1. The maximum absolute atomic E-state index is 12.7. The van der Waals surface area contributed by atoms with Crippen molar-refractivity contribution in [2.75, 3.05) is 36.8 Å². The molecule has 0 atom stereocenters. The molecule has 2 aromatic heterocycles. The number of nitrogens with two attached hydrogens (primary N) is 1. The molecule has 0 saturated carbocycles. The van der Waals surface area contributed by atoms with Crippen molar-refractivity contribution in [2.45, 2.75) is 0 Å². The van der Waals surface area contributed by atoms with Crippen molar-refractivity contribution in [1.29, 1.82) is 0 Å². The van der Waals surface area contributed by atoms with Crippen LogP contribution in [0.1, 0.15) is 31.8 Å². The number of carbonyl (C=O) groups is 3. The first-order chi connectivity index (χ1) is 21.5. The molecule has 2 aromatic carbocycles. The molecule has 45 heavy (non-hydrogen) atoms. The minimum atomic E-state index is -4.22. The van der Waals surface area contributed by atoms with Crippen molar-refractivity contribution in [3.8, 4) is 23.1 Å². The first-order valence-corrected chi connectivity index (χ1v) is 15.4. The molecule has 5 rings (SSSR count). The Balaban J connectivity index is 1.40. The SMILES string of the molecule is NNC(=O)c1cc(-c2ccc(C#Cc3ccc(C(=O)N4CCOCC4)cc3Cl)cc2)nc2cc(NS(=O)(=O)CC(=O)O)ncc12. The van der Waals surface area contributed by atoms with Crippen LogP contribution in [0, 0.1) is 11.8 Å². The molecule has 5 N–H and O–H groups in total. The average molecular weight is 649 g/mol. The van der Waals surface area contributed by atoms with Crippen LogP contribution in [0.15, 0.2) is 60.8 Å². The number of nitrogens with zero attached hydrogens (tertiary/aromatic N) is 3. The van der Waals surface area contributed by atoms with E-state index < -0.39 is 27.7 Å². The van der Waals surface area contributed by atoms with Gasteiger partial charge in [0.25, 0.3) is 11.8 Å². The summed E-state index contributed by atoms with van der Waals surface area (Å²) in [6, 6.07) is 14.8. The number of nitrogen functional groups attached to an aromatic ring is 1. The predicted octanol–water partition coefficient (Wildman–Crippen LogP) is 2.25. The number of hydrogen-bond donors (Lipinski definition) is 4. The normalized spacial score (nSPS) is 13.1. The second-order valence-electron chi connectivity index (χ2n) is 9.80. The number of carboxylic acids is 1. The zero-order valence-corrected chi connectivity index (χ0v) is 25.0. The van der Waals surface area contributed by atoms with Gasteiger partial charge in [-0.15, -0.1) is 0 Å². The quantitative estimate of drug-likeness (QED) is 0.0999. The summed E-state index contributed by atoms with van der Waals surface area (Å²) in [4.78, 5) is 46.4. The lowest BCUT2D eigenvalue weighted by atomic mass is 10.0. The summed E-state index contributed by atoms with van der Waals surface area (Å²) in [5.74, 6) is 7.84. The topological polar surface area (TPSA) is 194 Å². The second kappa shape index (κ2) is 13.3. The van der Waals surface area contributed by atoms with Gasteiger partial charge in [-0.3, -0.25) is 24.5 Å². The van der Waals surface area contributed by atoms with Crippen LogP contribution in [0.2, 0.25) is 5.02 Å². The fourth-order valence-corrected chi connectivity index (χ4v) is 5.57. The van der Waals surface area contributed by atoms with Crippen LogP contribution in [0.4, 0.5) is 5.82 Å². The van der Waals surface area contributed by atoms with E-state index in [0.717, 1.165) is 0 Å². The number of amides is 2. The van der Waals surface area contributed by atoms with E-state index >= 15 is 0 Å². The summed E-state index contributed by atoms with van der Waals surface area (Å²) in [7, 11) is -4.22. The van der Waals surface area contributed by atoms with Crippen LogP contribution < -0.4 is 16.0 Å². The van der Waals surface area contributed by atoms with E-state index in [0.29, 0.717) is 64.7 Å². The van der Waals surface area contributed by atoms with Crippen LogP contribution >= 0.6 is 11.6 Å². The van der Waals surface area contributed by atoms with E-state index in [1.54, 1.807) is 47.4 Å². The molecule has 0 aliphatic carbocycles. The van der Waals surface area contributed by atoms with Crippen LogP contribution in [-0.4, -0.2) is 78.2 Å². The van der Waals surface area contributed by atoms with Crippen molar-refractivity contribution in [1.82, 2.24) is 20.3 Å². The Bertz CT molecular complexity index is 1990. The van der Waals surface area contributed by atoms with Crippen molar-refractivity contribution in [2.24, 2.45) is 5.84 Å². The lowest BCUT2D eigenvalue weighted by molar-refractivity contribution is -0.134. The van der Waals surface area contributed by atoms with E-state index in [9.17, 15) is 22.8 Å². The minimum absolute atomic E-state index is 0.114. The molecule has 0 spiro atoms. The Morgan fingerprint density at radius 1 is 1.04 bits per heavy atom. The molecule has 13 nitrogen and oxygen atoms in total. The molecule has 230 valence electrons. The Morgan fingerprint density at radius 3 is 2.44 bits per heavy atom. The monoisotopic (exact) mass is 648 g/mol. The van der Waals surface area contributed by atoms with Crippen molar-refractivity contribution in [3.05, 3.63) is 88.1 Å². The molecule has 0 unspecified atom stereocenters. The third-order valence-corrected chi connectivity index (χ3v) is 8.14. The fourth-order valence-electron chi connectivity index (χ4n) is 4.51. The maximum Gasteiger partial charge on any atom is 0.320 e. The number of ether oxygens (including phenoxy) is 1. The molecule has 1 aliphatic heterocycles. The minimum Gasteiger partial charge on any atom is -0.480 e. The number of rotatable bonds is 7. The van der Waals surface area contributed by atoms with Gasteiger partial charge in [0, 0.05) is 53.0 Å². The Labute approximate surface area is 262 Å². The van der Waals surface area contributed by atoms with Gasteiger partial charge in [0.15, 0.2) is 5.75 Å². The number of aliphatic carboxylic acids is 1. The number of hydrazine groups is 1. The van der Waals surface area contributed by atoms with Gasteiger partial charge in [-0.1, -0.05) is 35.6 Å². The summed E-state index contributed by atoms with van der Waals surface area (Å²) < 4.78 is 31.6. The molecular formula is C30H25ClN6O7S. The van der Waals surface area contributed by atoms with E-state index in [2.05, 4.69) is 32.0 Å². The number of sulfonamides is 1. The van der Waals surface area contributed by atoms with Gasteiger partial charge in [-0.2, -0.15) is 0 Å². The fraction of sp³-hybridized carbons (Fsp3) is 0.167. The molecule has 15 heteroatoms. The number of fused-ring (bicyclic) bond motifs is 1. The number of benzene rings is 2. The third-order valence-electron chi connectivity index (χ3n) is 6.68. The van der Waals surface area contributed by atoms with Crippen LogP contribution in [0.3, 0.4) is 0 Å². The predicted molar refractivity (Wildman–Crippen MR) is 166 cm³/mol. The molecule has 0 radical (unpaired) electrons. The van der Waals surface area contributed by atoms with Gasteiger partial charge in [-0.05, 0) is 36.4 Å². The standard InChI is InChI=1S/C30H25ClN6O7S/c31-24-13-21(30(41)37-9-11-44-12-10-37)8-7-19(24)4-1-18-2-5-20(6-3-18)25-14-22(29(40)35-32)23-16-33-27(15-26(23)34-25)36-45(42,43)17-28(38)39/h2-3,5-8,13-16H,9-12,17,32H2,(H,33,36)(H,35,40)(H,38,39). The highest BCUT2D eigenvalue weighted by molar-refractivity contribution is 7.93. The van der Waals surface area contributed by atoms with Gasteiger partial charge in [0.05, 0.1) is 35.0 Å². The van der Waals surface area contributed by atoms with E-state index in [1.807, 2.05) is 0 Å². The zero-order chi connectivity index (χ0) is 32.1. The second-order valence-corrected chi connectivity index (χ2v) is 11.9. The smallest absolute Gasteiger partial charge is 0.320 e. The summed E-state index contributed by atoms with van der Waals surface area (Å²) in [5.41, 5.74) is 5.09. The highest BCUT2D eigenvalue weighted by Gasteiger charge is 2.20. The molecule has 2 amide bonds. The molecule has 4 aromatic rings. The van der Waals surface area contributed by atoms with Gasteiger partial charge in [-0.25, -0.2) is 24.2 Å². The van der Waals surface area contributed by atoms with Gasteiger partial charge in [0.1, 0.15) is 5.82 Å². The van der Waals surface area contributed by atoms with Gasteiger partial charge in [0.2, 0.25) is 10.0 Å². The first-order valence-electron chi connectivity index (χ1n) is 13.4. The highest BCUT2D eigenvalue weighted by Crippen LogP contribution is 2.27. The lowest BCUT2D eigenvalue weighted by Crippen LogP contribution is -2.40. The summed E-state index contributed by atoms with van der Waals surface area (Å²) in [5, 5.41) is 9.48. The number of pyridine rings is 2. The van der Waals surface area contributed by atoms with Crippen molar-refractivity contribution < 1.29 is 32.6 Å². The number of nitrogens with one attached hydrogen (secondary N) is 2. The van der Waals surface area contributed by atoms with Gasteiger partial charge >= 0.3 is 5.97 Å². The number of hydrogen-bond acceptors (Lipinski definition) is 9. The molecule has 1 saturated heterocycles. The first kappa shape index (κ1) is 31.4. The number of halogens is 1.